The second-order valence-corrected chi connectivity index (χ2v) is 6.45. The van der Waals surface area contributed by atoms with Gasteiger partial charge in [-0.05, 0) is 25.0 Å². The van der Waals surface area contributed by atoms with Gasteiger partial charge in [0.2, 0.25) is 0 Å². The molecule has 1 atom stereocenters. The van der Waals surface area contributed by atoms with Gasteiger partial charge in [0.05, 0.1) is 5.69 Å². The van der Waals surface area contributed by atoms with Gasteiger partial charge in [-0.15, -0.1) is 0 Å². The molecule has 0 fully saturated rings. The Bertz CT molecular complexity index is 618. The Morgan fingerprint density at radius 1 is 1.35 bits per heavy atom. The highest BCUT2D eigenvalue weighted by atomic mass is 32.2. The van der Waals surface area contributed by atoms with Gasteiger partial charge in [-0.3, -0.25) is 4.68 Å². The maximum atomic E-state index is 4.49. The summed E-state index contributed by atoms with van der Waals surface area (Å²) in [5.74, 6) is 2.29. The fourth-order valence-corrected chi connectivity index (χ4v) is 3.98. The summed E-state index contributed by atoms with van der Waals surface area (Å²) < 4.78 is 1.97. The minimum atomic E-state index is 0.448. The van der Waals surface area contributed by atoms with Gasteiger partial charge in [0.15, 0.2) is 0 Å². The number of rotatable bonds is 3. The second-order valence-electron chi connectivity index (χ2n) is 5.42. The molecule has 0 saturated carbocycles. The molecular weight excluding hydrogens is 266 g/mol. The third-order valence-electron chi connectivity index (χ3n) is 4.16. The first-order valence-electron chi connectivity index (χ1n) is 7.05. The summed E-state index contributed by atoms with van der Waals surface area (Å²) in [5, 5.41) is 8.21. The molecule has 1 N–H and O–H groups in total. The van der Waals surface area contributed by atoms with Crippen LogP contribution in [0, 0.1) is 13.8 Å². The highest BCUT2D eigenvalue weighted by molar-refractivity contribution is 7.98. The van der Waals surface area contributed by atoms with Crippen molar-refractivity contribution in [2.24, 2.45) is 7.05 Å². The van der Waals surface area contributed by atoms with Crippen molar-refractivity contribution in [3.63, 3.8) is 0 Å². The molecule has 1 aromatic carbocycles. The monoisotopic (exact) mass is 287 g/mol. The molecule has 1 unspecified atom stereocenters. The molecule has 20 heavy (non-hydrogen) atoms. The van der Waals surface area contributed by atoms with Gasteiger partial charge in [-0.2, -0.15) is 16.9 Å². The Balaban J connectivity index is 1.77. The van der Waals surface area contributed by atoms with E-state index in [0.29, 0.717) is 6.04 Å². The van der Waals surface area contributed by atoms with E-state index in [1.807, 2.05) is 23.5 Å². The van der Waals surface area contributed by atoms with Gasteiger partial charge < -0.3 is 5.32 Å². The van der Waals surface area contributed by atoms with Crippen molar-refractivity contribution in [3.8, 4) is 0 Å². The number of nitrogens with zero attached hydrogens (tertiary/aromatic N) is 2. The average Bonchev–Trinajstić information content (AvgIpc) is 2.70. The van der Waals surface area contributed by atoms with Crippen LogP contribution in [-0.4, -0.2) is 15.5 Å². The quantitative estimate of drug-likeness (QED) is 0.940. The Labute approximate surface area is 124 Å². The summed E-state index contributed by atoms with van der Waals surface area (Å²) in [6, 6.07) is 9.23. The van der Waals surface area contributed by atoms with Gasteiger partial charge in [0, 0.05) is 42.4 Å². The zero-order valence-electron chi connectivity index (χ0n) is 12.3. The third-order valence-corrected chi connectivity index (χ3v) is 5.24. The number of nitrogens with one attached hydrogen (secondary N) is 1. The van der Waals surface area contributed by atoms with Crippen molar-refractivity contribution in [1.82, 2.24) is 15.1 Å². The van der Waals surface area contributed by atoms with E-state index in [9.17, 15) is 0 Å². The Morgan fingerprint density at radius 2 is 2.15 bits per heavy atom. The van der Waals surface area contributed by atoms with Gasteiger partial charge >= 0.3 is 0 Å². The maximum absolute atomic E-state index is 4.49. The molecule has 0 spiro atoms. The van der Waals surface area contributed by atoms with Crippen molar-refractivity contribution >= 4 is 11.8 Å². The van der Waals surface area contributed by atoms with Crippen molar-refractivity contribution in [2.45, 2.75) is 32.2 Å². The highest BCUT2D eigenvalue weighted by Crippen LogP contribution is 2.31. The molecule has 4 heteroatoms. The van der Waals surface area contributed by atoms with Crippen LogP contribution in [0.2, 0.25) is 0 Å². The van der Waals surface area contributed by atoms with Crippen LogP contribution >= 0.6 is 11.8 Å². The normalized spacial score (nSPS) is 18.1. The first kappa shape index (κ1) is 13.7. The van der Waals surface area contributed by atoms with E-state index < -0.39 is 0 Å². The molecule has 0 radical (unpaired) electrons. The predicted octanol–water partition coefficient (Wildman–Crippen LogP) is 3.11. The van der Waals surface area contributed by atoms with E-state index in [-0.39, 0.29) is 0 Å². The number of hydrogen-bond donors (Lipinski definition) is 1. The largest absolute Gasteiger partial charge is 0.305 e. The summed E-state index contributed by atoms with van der Waals surface area (Å²) in [4.78, 5) is 0. The molecule has 0 saturated heterocycles. The van der Waals surface area contributed by atoms with Crippen LogP contribution < -0.4 is 5.32 Å². The molecule has 3 nitrogen and oxygen atoms in total. The summed E-state index contributed by atoms with van der Waals surface area (Å²) in [5.41, 5.74) is 6.66. The van der Waals surface area contributed by atoms with Crippen molar-refractivity contribution in [3.05, 3.63) is 52.3 Å². The molecule has 2 aromatic rings. The molecule has 2 heterocycles. The summed E-state index contributed by atoms with van der Waals surface area (Å²) >= 11 is 2.01. The average molecular weight is 287 g/mol. The van der Waals surface area contributed by atoms with Crippen LogP contribution in [0.5, 0.6) is 0 Å². The fraction of sp³-hybridized carbons (Fsp3) is 0.438. The number of aromatic nitrogens is 2. The molecule has 106 valence electrons. The van der Waals surface area contributed by atoms with E-state index in [4.69, 9.17) is 0 Å². The minimum absolute atomic E-state index is 0.448. The topological polar surface area (TPSA) is 29.9 Å². The zero-order valence-corrected chi connectivity index (χ0v) is 13.1. The molecule has 1 aromatic heterocycles. The first-order chi connectivity index (χ1) is 9.66. The summed E-state index contributed by atoms with van der Waals surface area (Å²) in [7, 11) is 2.01. The molecule has 1 aliphatic heterocycles. The van der Waals surface area contributed by atoms with Crippen molar-refractivity contribution in [1.29, 1.82) is 0 Å². The number of benzene rings is 1. The molecule has 1 aliphatic rings. The highest BCUT2D eigenvalue weighted by Gasteiger charge is 2.20. The SMILES string of the molecule is Cc1nn(C)c(C)c1CNC1CSCc2ccccc21. The van der Waals surface area contributed by atoms with E-state index in [1.54, 1.807) is 0 Å². The van der Waals surface area contributed by atoms with Crippen molar-refractivity contribution in [2.75, 3.05) is 5.75 Å². The van der Waals surface area contributed by atoms with Crippen LogP contribution in [0.25, 0.3) is 0 Å². The lowest BCUT2D eigenvalue weighted by Gasteiger charge is -2.26. The number of aryl methyl sites for hydroxylation is 2. The smallest absolute Gasteiger partial charge is 0.0641 e. The fourth-order valence-electron chi connectivity index (χ4n) is 2.85. The van der Waals surface area contributed by atoms with Gasteiger partial charge in [-0.25, -0.2) is 0 Å². The van der Waals surface area contributed by atoms with Gasteiger partial charge in [0.25, 0.3) is 0 Å². The lowest BCUT2D eigenvalue weighted by atomic mass is 10.0. The lowest BCUT2D eigenvalue weighted by molar-refractivity contribution is 0.572. The van der Waals surface area contributed by atoms with Gasteiger partial charge in [0.1, 0.15) is 0 Å². The standard InChI is InChI=1S/C16H21N3S/c1-11-15(12(2)19(3)18-11)8-17-16-10-20-9-13-6-4-5-7-14(13)16/h4-7,16-17H,8-10H2,1-3H3. The minimum Gasteiger partial charge on any atom is -0.305 e. The van der Waals surface area contributed by atoms with Crippen LogP contribution in [-0.2, 0) is 19.3 Å². The van der Waals surface area contributed by atoms with E-state index in [0.717, 1.165) is 23.7 Å². The zero-order chi connectivity index (χ0) is 14.1. The second kappa shape index (κ2) is 5.62. The Morgan fingerprint density at radius 3 is 2.90 bits per heavy atom. The predicted molar refractivity (Wildman–Crippen MR) is 84.9 cm³/mol. The van der Waals surface area contributed by atoms with E-state index in [2.05, 4.69) is 48.5 Å². The van der Waals surface area contributed by atoms with Crippen LogP contribution in [0.15, 0.2) is 24.3 Å². The van der Waals surface area contributed by atoms with Gasteiger partial charge in [-0.1, -0.05) is 24.3 Å². The molecule has 3 rings (SSSR count). The number of thioether (sulfide) groups is 1. The van der Waals surface area contributed by atoms with Crippen LogP contribution in [0.4, 0.5) is 0 Å². The van der Waals surface area contributed by atoms with E-state index >= 15 is 0 Å². The lowest BCUT2D eigenvalue weighted by Crippen LogP contribution is -2.26. The third kappa shape index (κ3) is 2.50. The molecule has 0 aliphatic carbocycles. The summed E-state index contributed by atoms with van der Waals surface area (Å²) in [6.45, 7) is 5.12. The number of hydrogen-bond acceptors (Lipinski definition) is 3. The Kier molecular flexibility index (Phi) is 3.85. The van der Waals surface area contributed by atoms with E-state index in [1.165, 1.54) is 22.4 Å². The van der Waals surface area contributed by atoms with Crippen LogP contribution in [0.1, 0.15) is 34.1 Å². The summed E-state index contributed by atoms with van der Waals surface area (Å²) in [6.07, 6.45) is 0. The van der Waals surface area contributed by atoms with Crippen LogP contribution in [0.3, 0.4) is 0 Å². The Hall–Kier alpha value is -1.26. The van der Waals surface area contributed by atoms with Crippen molar-refractivity contribution < 1.29 is 0 Å². The molecule has 0 bridgehead atoms. The molecular formula is C16H21N3S. The maximum Gasteiger partial charge on any atom is 0.0641 e. The molecule has 0 amide bonds. The number of fused-ring (bicyclic) bond motifs is 1. The first-order valence-corrected chi connectivity index (χ1v) is 8.20.